The molecule has 1 aliphatic heterocycles. The van der Waals surface area contributed by atoms with Crippen molar-refractivity contribution in [3.8, 4) is 5.75 Å². The summed E-state index contributed by atoms with van der Waals surface area (Å²) >= 11 is 0. The zero-order valence-corrected chi connectivity index (χ0v) is 12.9. The number of rotatable bonds is 5. The van der Waals surface area contributed by atoms with E-state index in [1.165, 1.54) is 0 Å². The number of benzene rings is 1. The lowest BCUT2D eigenvalue weighted by Gasteiger charge is -2.31. The molecular formula is C17H23NO3. The molecule has 0 aliphatic carbocycles. The highest BCUT2D eigenvalue weighted by Gasteiger charge is 2.37. The molecular weight excluding hydrogens is 266 g/mol. The van der Waals surface area contributed by atoms with Gasteiger partial charge in [-0.05, 0) is 37.0 Å². The number of hydrogen-bond acceptors (Lipinski definition) is 3. The molecule has 0 spiro atoms. The first-order valence-electron chi connectivity index (χ1n) is 7.57. The summed E-state index contributed by atoms with van der Waals surface area (Å²) in [5, 5.41) is 2.47. The summed E-state index contributed by atoms with van der Waals surface area (Å²) in [7, 11) is 0. The number of hydrogen-bond donors (Lipinski definition) is 1. The molecule has 114 valence electrons. The topological polar surface area (TPSA) is 55.4 Å². The molecule has 1 aliphatic rings. The van der Waals surface area contributed by atoms with Gasteiger partial charge in [-0.1, -0.05) is 26.0 Å². The van der Waals surface area contributed by atoms with E-state index in [9.17, 15) is 9.59 Å². The molecule has 4 nitrogen and oxygen atoms in total. The molecule has 2 rings (SSSR count). The molecule has 21 heavy (non-hydrogen) atoms. The van der Waals surface area contributed by atoms with E-state index in [4.69, 9.17) is 4.74 Å². The van der Waals surface area contributed by atoms with E-state index >= 15 is 0 Å². The van der Waals surface area contributed by atoms with Gasteiger partial charge in [-0.25, -0.2) is 0 Å². The molecule has 2 amide bonds. The van der Waals surface area contributed by atoms with E-state index in [-0.39, 0.29) is 23.7 Å². The lowest BCUT2D eigenvalue weighted by atomic mass is 9.76. The smallest absolute Gasteiger partial charge is 0.230 e. The van der Waals surface area contributed by atoms with Gasteiger partial charge in [0.15, 0.2) is 0 Å². The van der Waals surface area contributed by atoms with Crippen molar-refractivity contribution in [2.24, 2.45) is 11.8 Å². The Labute approximate surface area is 125 Å². The van der Waals surface area contributed by atoms with Gasteiger partial charge in [0, 0.05) is 18.3 Å². The van der Waals surface area contributed by atoms with Gasteiger partial charge in [-0.2, -0.15) is 0 Å². The number of carbonyl (C=O) groups excluding carboxylic acids is 2. The second-order valence-electron chi connectivity index (χ2n) is 5.96. The number of imide groups is 1. The maximum absolute atomic E-state index is 12.2. The Bertz CT molecular complexity index is 525. The van der Waals surface area contributed by atoms with Gasteiger partial charge in [0.2, 0.25) is 11.8 Å². The summed E-state index contributed by atoms with van der Waals surface area (Å²) in [4.78, 5) is 23.9. The Balaban J connectivity index is 2.29. The zero-order valence-electron chi connectivity index (χ0n) is 12.9. The Morgan fingerprint density at radius 2 is 2.10 bits per heavy atom. The van der Waals surface area contributed by atoms with Crippen LogP contribution in [0.5, 0.6) is 5.75 Å². The molecule has 1 aromatic rings. The number of ether oxygens (including phenoxy) is 1. The molecule has 4 heteroatoms. The van der Waals surface area contributed by atoms with Crippen LogP contribution in [0, 0.1) is 11.8 Å². The Morgan fingerprint density at radius 1 is 1.33 bits per heavy atom. The van der Waals surface area contributed by atoms with Crippen LogP contribution < -0.4 is 10.1 Å². The number of carbonyl (C=O) groups is 2. The second kappa shape index (κ2) is 6.74. The molecule has 0 aromatic heterocycles. The first kappa shape index (κ1) is 15.5. The monoisotopic (exact) mass is 289 g/mol. The molecule has 2 unspecified atom stereocenters. The lowest BCUT2D eigenvalue weighted by Crippen LogP contribution is -2.45. The Morgan fingerprint density at radius 3 is 2.76 bits per heavy atom. The quantitative estimate of drug-likeness (QED) is 0.848. The van der Waals surface area contributed by atoms with Crippen LogP contribution in [0.1, 0.15) is 45.1 Å². The van der Waals surface area contributed by atoms with E-state index < -0.39 is 0 Å². The Hall–Kier alpha value is -1.84. The third kappa shape index (κ3) is 3.84. The fourth-order valence-electron chi connectivity index (χ4n) is 2.94. The van der Waals surface area contributed by atoms with Crippen LogP contribution in [0.15, 0.2) is 24.3 Å². The molecule has 1 heterocycles. The second-order valence-corrected chi connectivity index (χ2v) is 5.96. The van der Waals surface area contributed by atoms with Crippen LogP contribution >= 0.6 is 0 Å². The molecule has 1 aromatic carbocycles. The van der Waals surface area contributed by atoms with Crippen molar-refractivity contribution < 1.29 is 14.3 Å². The highest BCUT2D eigenvalue weighted by molar-refractivity contribution is 5.99. The molecule has 1 fully saturated rings. The molecule has 0 bridgehead atoms. The zero-order chi connectivity index (χ0) is 15.4. The van der Waals surface area contributed by atoms with Crippen molar-refractivity contribution in [2.45, 2.75) is 39.5 Å². The maximum atomic E-state index is 12.2. The third-order valence-corrected chi connectivity index (χ3v) is 3.81. The van der Waals surface area contributed by atoms with Gasteiger partial charge in [-0.15, -0.1) is 0 Å². The summed E-state index contributed by atoms with van der Waals surface area (Å²) in [6.07, 6.45) is 1.14. The summed E-state index contributed by atoms with van der Waals surface area (Å²) in [6.45, 7) is 6.73. The van der Waals surface area contributed by atoms with E-state index in [0.717, 1.165) is 17.7 Å². The first-order valence-corrected chi connectivity index (χ1v) is 7.57. The standard InChI is InChI=1S/C17H23NO3/c1-4-21-13-7-5-6-12(9-13)14-10-16(19)18-17(20)15(14)8-11(2)3/h5-7,9,11,14-15H,4,8,10H2,1-3H3,(H,18,19,20). The fraction of sp³-hybridized carbons (Fsp3) is 0.529. The maximum Gasteiger partial charge on any atom is 0.230 e. The molecule has 1 saturated heterocycles. The van der Waals surface area contributed by atoms with E-state index in [0.29, 0.717) is 18.9 Å². The van der Waals surface area contributed by atoms with E-state index in [1.54, 1.807) is 0 Å². The van der Waals surface area contributed by atoms with Crippen molar-refractivity contribution in [1.29, 1.82) is 0 Å². The highest BCUT2D eigenvalue weighted by Crippen LogP contribution is 2.36. The predicted octanol–water partition coefficient (Wildman–Crippen LogP) is 2.88. The average molecular weight is 289 g/mol. The van der Waals surface area contributed by atoms with Crippen LogP contribution in [0.25, 0.3) is 0 Å². The number of piperidine rings is 1. The van der Waals surface area contributed by atoms with Crippen LogP contribution in [0.4, 0.5) is 0 Å². The average Bonchev–Trinajstić information content (AvgIpc) is 2.42. The van der Waals surface area contributed by atoms with Gasteiger partial charge in [0.05, 0.1) is 6.61 Å². The van der Waals surface area contributed by atoms with Gasteiger partial charge in [0.25, 0.3) is 0 Å². The predicted molar refractivity (Wildman–Crippen MR) is 81.1 cm³/mol. The largest absolute Gasteiger partial charge is 0.494 e. The van der Waals surface area contributed by atoms with Crippen LogP contribution in [-0.2, 0) is 9.59 Å². The van der Waals surface area contributed by atoms with Crippen molar-refractivity contribution in [2.75, 3.05) is 6.61 Å². The summed E-state index contributed by atoms with van der Waals surface area (Å²) in [5.74, 6) is 0.649. The van der Waals surface area contributed by atoms with E-state index in [2.05, 4.69) is 19.2 Å². The third-order valence-electron chi connectivity index (χ3n) is 3.81. The van der Waals surface area contributed by atoms with Gasteiger partial charge in [-0.3, -0.25) is 14.9 Å². The number of amides is 2. The van der Waals surface area contributed by atoms with Crippen LogP contribution in [0.3, 0.4) is 0 Å². The Kier molecular flexibility index (Phi) is 4.99. The van der Waals surface area contributed by atoms with E-state index in [1.807, 2.05) is 31.2 Å². The highest BCUT2D eigenvalue weighted by atomic mass is 16.5. The molecule has 1 N–H and O–H groups in total. The molecule has 2 atom stereocenters. The summed E-state index contributed by atoms with van der Waals surface area (Å²) in [6, 6.07) is 7.75. The van der Waals surface area contributed by atoms with Crippen molar-refractivity contribution >= 4 is 11.8 Å². The van der Waals surface area contributed by atoms with Gasteiger partial charge in [0.1, 0.15) is 5.75 Å². The summed E-state index contributed by atoms with van der Waals surface area (Å²) in [5.41, 5.74) is 1.01. The van der Waals surface area contributed by atoms with Gasteiger partial charge < -0.3 is 4.74 Å². The van der Waals surface area contributed by atoms with Crippen LogP contribution in [0.2, 0.25) is 0 Å². The molecule has 0 saturated carbocycles. The minimum Gasteiger partial charge on any atom is -0.494 e. The molecule has 0 radical (unpaired) electrons. The SMILES string of the molecule is CCOc1cccc(C2CC(=O)NC(=O)C2CC(C)C)c1. The first-order chi connectivity index (χ1) is 10.0. The fourth-order valence-corrected chi connectivity index (χ4v) is 2.94. The summed E-state index contributed by atoms with van der Waals surface area (Å²) < 4.78 is 5.52. The van der Waals surface area contributed by atoms with Crippen molar-refractivity contribution in [3.63, 3.8) is 0 Å². The lowest BCUT2D eigenvalue weighted by molar-refractivity contribution is -0.137. The minimum atomic E-state index is -0.188. The van der Waals surface area contributed by atoms with Crippen molar-refractivity contribution in [1.82, 2.24) is 5.32 Å². The minimum absolute atomic E-state index is 0.0611. The number of nitrogens with one attached hydrogen (secondary N) is 1. The van der Waals surface area contributed by atoms with Crippen LogP contribution in [-0.4, -0.2) is 18.4 Å². The normalized spacial score (nSPS) is 22.3. The van der Waals surface area contributed by atoms with Crippen molar-refractivity contribution in [3.05, 3.63) is 29.8 Å². The van der Waals surface area contributed by atoms with Gasteiger partial charge >= 0.3 is 0 Å².